The fourth-order valence-electron chi connectivity index (χ4n) is 5.38. The lowest BCUT2D eigenvalue weighted by molar-refractivity contribution is 0.852. The van der Waals surface area contributed by atoms with E-state index in [0.717, 1.165) is 55.3 Å². The number of benzene rings is 5. The van der Waals surface area contributed by atoms with Gasteiger partial charge in [-0.25, -0.2) is 0 Å². The first-order chi connectivity index (χ1) is 18.6. The van der Waals surface area contributed by atoms with Crippen molar-refractivity contribution in [3.8, 4) is 40.1 Å². The van der Waals surface area contributed by atoms with E-state index in [1.807, 2.05) is 18.2 Å². The quantitative estimate of drug-likeness (QED) is 0.249. The van der Waals surface area contributed by atoms with Gasteiger partial charge in [0, 0.05) is 10.8 Å². The second-order valence-electron chi connectivity index (χ2n) is 9.87. The second-order valence-corrected chi connectivity index (χ2v) is 9.87. The third-order valence-electron chi connectivity index (χ3n) is 7.21. The minimum absolute atomic E-state index is 0.130. The van der Waals surface area contributed by atoms with Crippen molar-refractivity contribution in [2.45, 2.75) is 19.8 Å². The van der Waals surface area contributed by atoms with E-state index in [0.29, 0.717) is 11.1 Å². The molecule has 0 atom stereocenters. The van der Waals surface area contributed by atoms with Gasteiger partial charge in [0.25, 0.3) is 0 Å². The highest BCUT2D eigenvalue weighted by Crippen LogP contribution is 2.40. The summed E-state index contributed by atoms with van der Waals surface area (Å²) in [6.45, 7) is 4.21. The Morgan fingerprint density at radius 2 is 1.11 bits per heavy atom. The van der Waals surface area contributed by atoms with Gasteiger partial charge < -0.3 is 4.57 Å². The normalized spacial score (nSPS) is 11.1. The number of hydrogen-bond acceptors (Lipinski definition) is 2. The summed E-state index contributed by atoms with van der Waals surface area (Å²) in [6.07, 6.45) is 0. The van der Waals surface area contributed by atoms with Gasteiger partial charge in [0.05, 0.1) is 33.9 Å². The summed E-state index contributed by atoms with van der Waals surface area (Å²) in [6, 6.07) is 42.2. The van der Waals surface area contributed by atoms with Crippen molar-refractivity contribution in [1.82, 2.24) is 4.57 Å². The molecule has 0 bridgehead atoms. The monoisotopic (exact) mass is 487 g/mol. The smallest absolute Gasteiger partial charge is 0.101 e. The van der Waals surface area contributed by atoms with E-state index in [1.165, 1.54) is 0 Å². The SMILES string of the molecule is CC(C)c1cc(C#N)cc(C#N)c1-n1c2ccc(-c3ccccc3)cc2c2cc(-c3ccccc3)ccc21. The molecule has 3 heteroatoms. The van der Waals surface area contributed by atoms with Crippen LogP contribution in [0.15, 0.2) is 109 Å². The Balaban J connectivity index is 1.74. The molecule has 3 nitrogen and oxygen atoms in total. The Bertz CT molecular complexity index is 1800. The number of rotatable bonds is 4. The molecule has 0 aliphatic heterocycles. The van der Waals surface area contributed by atoms with Gasteiger partial charge in [0.15, 0.2) is 0 Å². The van der Waals surface area contributed by atoms with Gasteiger partial charge in [0.2, 0.25) is 0 Å². The lowest BCUT2D eigenvalue weighted by atomic mass is 9.95. The van der Waals surface area contributed by atoms with Crippen molar-refractivity contribution in [3.05, 3.63) is 126 Å². The largest absolute Gasteiger partial charge is 0.308 e. The highest BCUT2D eigenvalue weighted by atomic mass is 15.0. The van der Waals surface area contributed by atoms with Crippen LogP contribution >= 0.6 is 0 Å². The lowest BCUT2D eigenvalue weighted by Crippen LogP contribution is -2.05. The molecule has 1 heterocycles. The van der Waals surface area contributed by atoms with Crippen molar-refractivity contribution in [2.75, 3.05) is 0 Å². The fourth-order valence-corrected chi connectivity index (χ4v) is 5.38. The molecule has 1 aromatic heterocycles. The Labute approximate surface area is 222 Å². The average molecular weight is 488 g/mol. The zero-order chi connectivity index (χ0) is 26.2. The molecular weight excluding hydrogens is 462 g/mol. The van der Waals surface area contributed by atoms with Gasteiger partial charge in [-0.05, 0) is 70.1 Å². The van der Waals surface area contributed by atoms with Crippen molar-refractivity contribution in [3.63, 3.8) is 0 Å². The maximum absolute atomic E-state index is 10.2. The molecule has 0 saturated heterocycles. The minimum Gasteiger partial charge on any atom is -0.308 e. The molecule has 0 fully saturated rings. The molecule has 5 aromatic carbocycles. The highest BCUT2D eigenvalue weighted by molar-refractivity contribution is 6.12. The molecule has 0 unspecified atom stereocenters. The van der Waals surface area contributed by atoms with Crippen LogP contribution in [0.2, 0.25) is 0 Å². The Kier molecular flexibility index (Phi) is 5.76. The molecule has 0 spiro atoms. The third kappa shape index (κ3) is 3.83. The van der Waals surface area contributed by atoms with Gasteiger partial charge in [-0.3, -0.25) is 0 Å². The zero-order valence-corrected chi connectivity index (χ0v) is 21.3. The number of fused-ring (bicyclic) bond motifs is 3. The van der Waals surface area contributed by atoms with Crippen LogP contribution in [0.25, 0.3) is 49.7 Å². The number of nitriles is 2. The summed E-state index contributed by atoms with van der Waals surface area (Å²) in [5.41, 5.74) is 9.53. The average Bonchev–Trinajstić information content (AvgIpc) is 3.29. The van der Waals surface area contributed by atoms with E-state index < -0.39 is 0 Å². The van der Waals surface area contributed by atoms with Gasteiger partial charge >= 0.3 is 0 Å². The molecule has 180 valence electrons. The first-order valence-electron chi connectivity index (χ1n) is 12.8. The molecular formula is C35H25N3. The van der Waals surface area contributed by atoms with Crippen molar-refractivity contribution in [2.24, 2.45) is 0 Å². The summed E-state index contributed by atoms with van der Waals surface area (Å²) in [5, 5.41) is 22.1. The fraction of sp³-hybridized carbons (Fsp3) is 0.0857. The van der Waals surface area contributed by atoms with Crippen molar-refractivity contribution in [1.29, 1.82) is 10.5 Å². The van der Waals surface area contributed by atoms with Crippen LogP contribution in [0, 0.1) is 22.7 Å². The Morgan fingerprint density at radius 1 is 0.579 bits per heavy atom. The van der Waals surface area contributed by atoms with Gasteiger partial charge in [-0.2, -0.15) is 10.5 Å². The number of hydrogen-bond donors (Lipinski definition) is 0. The Morgan fingerprint density at radius 3 is 1.55 bits per heavy atom. The molecule has 6 aromatic rings. The van der Waals surface area contributed by atoms with Crippen LogP contribution < -0.4 is 0 Å². The molecule has 0 amide bonds. The standard InChI is InChI=1S/C35H25N3/c1-23(2)30-18-24(21-36)17-29(22-37)35(30)38-33-15-13-27(25-9-5-3-6-10-25)19-31(33)32-20-28(14-16-34(32)38)26-11-7-4-8-12-26/h3-20,23H,1-2H3. The second kappa shape index (κ2) is 9.40. The predicted octanol–water partition coefficient (Wildman–Crippen LogP) is 8.98. The lowest BCUT2D eigenvalue weighted by Gasteiger charge is -2.18. The van der Waals surface area contributed by atoms with Crippen LogP contribution in [0.3, 0.4) is 0 Å². The van der Waals surface area contributed by atoms with Crippen LogP contribution in [0.5, 0.6) is 0 Å². The maximum atomic E-state index is 10.2. The van der Waals surface area contributed by atoms with Gasteiger partial charge in [-0.15, -0.1) is 0 Å². The number of nitrogens with zero attached hydrogens (tertiary/aromatic N) is 3. The van der Waals surface area contributed by atoms with Crippen LogP contribution in [-0.2, 0) is 0 Å². The van der Waals surface area contributed by atoms with Crippen LogP contribution in [-0.4, -0.2) is 4.57 Å². The van der Waals surface area contributed by atoms with E-state index in [-0.39, 0.29) is 5.92 Å². The van der Waals surface area contributed by atoms with Crippen molar-refractivity contribution >= 4 is 21.8 Å². The van der Waals surface area contributed by atoms with Crippen LogP contribution in [0.1, 0.15) is 36.5 Å². The molecule has 38 heavy (non-hydrogen) atoms. The first kappa shape index (κ1) is 23.3. The van der Waals surface area contributed by atoms with Gasteiger partial charge in [-0.1, -0.05) is 86.6 Å². The summed E-state index contributed by atoms with van der Waals surface area (Å²) in [7, 11) is 0. The van der Waals surface area contributed by atoms with Crippen molar-refractivity contribution < 1.29 is 0 Å². The molecule has 0 saturated carbocycles. The van der Waals surface area contributed by atoms with E-state index in [4.69, 9.17) is 0 Å². The zero-order valence-electron chi connectivity index (χ0n) is 21.3. The summed E-state index contributed by atoms with van der Waals surface area (Å²) < 4.78 is 2.21. The molecule has 0 aliphatic carbocycles. The van der Waals surface area contributed by atoms with E-state index in [2.05, 4.69) is 115 Å². The van der Waals surface area contributed by atoms with Gasteiger partial charge in [0.1, 0.15) is 6.07 Å². The molecule has 0 radical (unpaired) electrons. The number of aromatic nitrogens is 1. The topological polar surface area (TPSA) is 52.5 Å². The van der Waals surface area contributed by atoms with E-state index in [9.17, 15) is 10.5 Å². The first-order valence-corrected chi connectivity index (χ1v) is 12.8. The molecule has 0 N–H and O–H groups in total. The molecule has 6 rings (SSSR count). The maximum Gasteiger partial charge on any atom is 0.101 e. The Hall–Kier alpha value is -5.12. The molecule has 0 aliphatic rings. The third-order valence-corrected chi connectivity index (χ3v) is 7.21. The summed E-state index contributed by atoms with van der Waals surface area (Å²) in [5.74, 6) is 0.130. The summed E-state index contributed by atoms with van der Waals surface area (Å²) in [4.78, 5) is 0. The van der Waals surface area contributed by atoms with E-state index >= 15 is 0 Å². The predicted molar refractivity (Wildman–Crippen MR) is 155 cm³/mol. The van der Waals surface area contributed by atoms with Crippen LogP contribution in [0.4, 0.5) is 0 Å². The highest BCUT2D eigenvalue weighted by Gasteiger charge is 2.21. The summed E-state index contributed by atoms with van der Waals surface area (Å²) >= 11 is 0. The van der Waals surface area contributed by atoms with E-state index in [1.54, 1.807) is 6.07 Å². The minimum atomic E-state index is 0.130.